The van der Waals surface area contributed by atoms with Gasteiger partial charge in [0.25, 0.3) is 0 Å². The molecule has 3 heteroatoms. The molecule has 0 saturated heterocycles. The Morgan fingerprint density at radius 3 is 2.92 bits per heavy atom. The second kappa shape index (κ2) is 3.20. The van der Waals surface area contributed by atoms with Crippen molar-refractivity contribution in [3.8, 4) is 0 Å². The Balaban J connectivity index is 2.57. The quantitative estimate of drug-likeness (QED) is 0.715. The van der Waals surface area contributed by atoms with E-state index in [1.165, 1.54) is 0 Å². The lowest BCUT2D eigenvalue weighted by Crippen LogP contribution is -2.13. The largest absolute Gasteiger partial charge is 0.386 e. The Morgan fingerprint density at radius 2 is 2.15 bits per heavy atom. The fourth-order valence-corrected chi connectivity index (χ4v) is 1.47. The highest BCUT2D eigenvalue weighted by molar-refractivity contribution is 5.49. The average molecular weight is 176 g/mol. The second-order valence-corrected chi connectivity index (χ2v) is 3.01. The Morgan fingerprint density at radius 1 is 1.31 bits per heavy atom. The third-order valence-corrected chi connectivity index (χ3v) is 2.16. The van der Waals surface area contributed by atoms with E-state index in [4.69, 9.17) is 5.73 Å². The first kappa shape index (κ1) is 8.29. The van der Waals surface area contributed by atoms with E-state index < -0.39 is 6.10 Å². The molecule has 0 aliphatic heterocycles. The molecule has 2 aromatic rings. The first-order valence-electron chi connectivity index (χ1n) is 4.27. The highest BCUT2D eigenvalue weighted by Gasteiger charge is 2.08. The van der Waals surface area contributed by atoms with Gasteiger partial charge in [0.15, 0.2) is 0 Å². The Labute approximate surface area is 76.4 Å². The minimum Gasteiger partial charge on any atom is -0.386 e. The molecule has 13 heavy (non-hydrogen) atoms. The van der Waals surface area contributed by atoms with E-state index in [-0.39, 0.29) is 6.54 Å². The maximum Gasteiger partial charge on any atom is 0.106 e. The molecule has 0 fully saturated rings. The molecule has 0 aliphatic rings. The van der Waals surface area contributed by atoms with Gasteiger partial charge in [0, 0.05) is 18.3 Å². The van der Waals surface area contributed by atoms with E-state index in [1.807, 2.05) is 40.9 Å². The van der Waals surface area contributed by atoms with E-state index in [0.717, 1.165) is 11.2 Å². The van der Waals surface area contributed by atoms with Crippen molar-refractivity contribution < 1.29 is 5.11 Å². The van der Waals surface area contributed by atoms with Gasteiger partial charge in [-0.3, -0.25) is 0 Å². The van der Waals surface area contributed by atoms with Gasteiger partial charge in [-0.15, -0.1) is 0 Å². The first-order chi connectivity index (χ1) is 6.33. The summed E-state index contributed by atoms with van der Waals surface area (Å²) < 4.78 is 1.94. The molecule has 0 bridgehead atoms. The van der Waals surface area contributed by atoms with Crippen LogP contribution in [0.3, 0.4) is 0 Å². The lowest BCUT2D eigenvalue weighted by molar-refractivity contribution is 0.181. The lowest BCUT2D eigenvalue weighted by Gasteiger charge is -2.07. The molecule has 0 saturated carbocycles. The second-order valence-electron chi connectivity index (χ2n) is 3.01. The molecule has 3 nitrogen and oxygen atoms in total. The summed E-state index contributed by atoms with van der Waals surface area (Å²) in [5.41, 5.74) is 7.31. The number of rotatable bonds is 2. The molecule has 0 aromatic carbocycles. The van der Waals surface area contributed by atoms with Gasteiger partial charge < -0.3 is 15.2 Å². The fourth-order valence-electron chi connectivity index (χ4n) is 1.47. The van der Waals surface area contributed by atoms with Crippen LogP contribution in [0.5, 0.6) is 0 Å². The molecular weight excluding hydrogens is 164 g/mol. The number of hydrogen-bond acceptors (Lipinski definition) is 2. The van der Waals surface area contributed by atoms with Gasteiger partial charge in [-0.05, 0) is 24.3 Å². The number of hydrogen-bond donors (Lipinski definition) is 2. The van der Waals surface area contributed by atoms with Crippen molar-refractivity contribution in [3.63, 3.8) is 0 Å². The normalized spacial score (nSPS) is 13.4. The van der Waals surface area contributed by atoms with Crippen molar-refractivity contribution in [1.82, 2.24) is 4.40 Å². The zero-order valence-electron chi connectivity index (χ0n) is 7.22. The predicted molar refractivity (Wildman–Crippen MR) is 51.4 cm³/mol. The monoisotopic (exact) mass is 176 g/mol. The van der Waals surface area contributed by atoms with Gasteiger partial charge in [0.1, 0.15) is 6.10 Å². The number of pyridine rings is 1. The SMILES string of the molecule is NCC(O)c1ccc2ccccn12. The fraction of sp³-hybridized carbons (Fsp3) is 0.200. The van der Waals surface area contributed by atoms with Crippen LogP contribution in [-0.2, 0) is 0 Å². The van der Waals surface area contributed by atoms with E-state index in [1.54, 1.807) is 0 Å². The summed E-state index contributed by atoms with van der Waals surface area (Å²) in [5, 5.41) is 9.57. The van der Waals surface area contributed by atoms with Gasteiger partial charge in [-0.2, -0.15) is 0 Å². The van der Waals surface area contributed by atoms with Gasteiger partial charge in [-0.25, -0.2) is 0 Å². The van der Waals surface area contributed by atoms with Crippen molar-refractivity contribution >= 4 is 5.52 Å². The van der Waals surface area contributed by atoms with E-state index in [0.29, 0.717) is 0 Å². The third-order valence-electron chi connectivity index (χ3n) is 2.16. The van der Waals surface area contributed by atoms with Crippen LogP contribution in [0.2, 0.25) is 0 Å². The van der Waals surface area contributed by atoms with Crippen LogP contribution in [0.15, 0.2) is 36.5 Å². The van der Waals surface area contributed by atoms with Crippen molar-refractivity contribution in [3.05, 3.63) is 42.2 Å². The van der Waals surface area contributed by atoms with Crippen LogP contribution >= 0.6 is 0 Å². The summed E-state index contributed by atoms with van der Waals surface area (Å²) >= 11 is 0. The van der Waals surface area contributed by atoms with Gasteiger partial charge in [0.05, 0.1) is 5.69 Å². The Hall–Kier alpha value is -1.32. The summed E-state index contributed by atoms with van der Waals surface area (Å²) in [5.74, 6) is 0. The van der Waals surface area contributed by atoms with Crippen LogP contribution in [0.4, 0.5) is 0 Å². The number of aliphatic hydroxyl groups is 1. The molecule has 2 heterocycles. The van der Waals surface area contributed by atoms with Gasteiger partial charge >= 0.3 is 0 Å². The minimum atomic E-state index is -0.579. The van der Waals surface area contributed by atoms with Crippen LogP contribution < -0.4 is 5.73 Å². The topological polar surface area (TPSA) is 50.7 Å². The zero-order chi connectivity index (χ0) is 9.26. The third kappa shape index (κ3) is 1.32. The number of aromatic nitrogens is 1. The molecule has 0 amide bonds. The molecule has 0 radical (unpaired) electrons. The predicted octanol–water partition coefficient (Wildman–Crippen LogP) is 0.931. The molecule has 0 spiro atoms. The molecule has 2 rings (SSSR count). The van der Waals surface area contributed by atoms with Crippen LogP contribution in [0.25, 0.3) is 5.52 Å². The summed E-state index contributed by atoms with van der Waals surface area (Å²) in [7, 11) is 0. The standard InChI is InChI=1S/C10H12N2O/c11-7-10(13)9-5-4-8-3-1-2-6-12(8)9/h1-6,10,13H,7,11H2. The van der Waals surface area contributed by atoms with E-state index in [9.17, 15) is 5.11 Å². The summed E-state index contributed by atoms with van der Waals surface area (Å²) in [6, 6.07) is 9.75. The smallest absolute Gasteiger partial charge is 0.106 e. The van der Waals surface area contributed by atoms with Crippen LogP contribution in [0, 0.1) is 0 Å². The Kier molecular flexibility index (Phi) is 2.04. The number of aliphatic hydroxyl groups excluding tert-OH is 1. The minimum absolute atomic E-state index is 0.251. The van der Waals surface area contributed by atoms with Crippen molar-refractivity contribution in [1.29, 1.82) is 0 Å². The van der Waals surface area contributed by atoms with Crippen molar-refractivity contribution in [2.24, 2.45) is 5.73 Å². The van der Waals surface area contributed by atoms with Gasteiger partial charge in [-0.1, -0.05) is 6.07 Å². The maximum absolute atomic E-state index is 9.57. The van der Waals surface area contributed by atoms with Gasteiger partial charge in [0.2, 0.25) is 0 Å². The van der Waals surface area contributed by atoms with E-state index in [2.05, 4.69) is 0 Å². The van der Waals surface area contributed by atoms with Crippen molar-refractivity contribution in [2.75, 3.05) is 6.54 Å². The van der Waals surface area contributed by atoms with Crippen molar-refractivity contribution in [2.45, 2.75) is 6.10 Å². The maximum atomic E-state index is 9.57. The lowest BCUT2D eigenvalue weighted by atomic mass is 10.2. The van der Waals surface area contributed by atoms with E-state index >= 15 is 0 Å². The first-order valence-corrected chi connectivity index (χ1v) is 4.27. The molecule has 2 aromatic heterocycles. The number of nitrogens with two attached hydrogens (primary N) is 1. The number of fused-ring (bicyclic) bond motifs is 1. The molecule has 68 valence electrons. The molecule has 1 unspecified atom stereocenters. The zero-order valence-corrected chi connectivity index (χ0v) is 7.22. The Bertz CT molecular complexity index is 408. The highest BCUT2D eigenvalue weighted by atomic mass is 16.3. The summed E-state index contributed by atoms with van der Waals surface area (Å²) in [6.07, 6.45) is 1.34. The van der Waals surface area contributed by atoms with Crippen LogP contribution in [0.1, 0.15) is 11.8 Å². The average Bonchev–Trinajstić information content (AvgIpc) is 2.60. The highest BCUT2D eigenvalue weighted by Crippen LogP contribution is 2.15. The number of nitrogens with zero attached hydrogens (tertiary/aromatic N) is 1. The van der Waals surface area contributed by atoms with Crippen LogP contribution in [-0.4, -0.2) is 16.1 Å². The molecular formula is C10H12N2O. The summed E-state index contributed by atoms with van der Waals surface area (Å²) in [6.45, 7) is 0.251. The summed E-state index contributed by atoms with van der Waals surface area (Å²) in [4.78, 5) is 0. The molecule has 3 N–H and O–H groups in total. The molecule has 1 atom stereocenters. The molecule has 0 aliphatic carbocycles.